The molecular weight excluding hydrogens is 723 g/mol. The molecule has 16 heteroatoms. The summed E-state index contributed by atoms with van der Waals surface area (Å²) in [6.07, 6.45) is 7.20. The van der Waals surface area contributed by atoms with Crippen LogP contribution in [0.1, 0.15) is 80.8 Å². The van der Waals surface area contributed by atoms with Gasteiger partial charge in [-0.3, -0.25) is 23.9 Å². The highest BCUT2D eigenvalue weighted by atomic mass is 32.2. The number of carbonyl (C=O) groups is 4. The molecule has 1 saturated heterocycles. The molecule has 1 aromatic heterocycles. The molecule has 2 aromatic carbocycles. The number of rotatable bonds is 8. The predicted octanol–water partition coefficient (Wildman–Crippen LogP) is 3.62. The lowest BCUT2D eigenvalue weighted by atomic mass is 10.0. The van der Waals surface area contributed by atoms with Crippen LogP contribution >= 0.6 is 0 Å². The summed E-state index contributed by atoms with van der Waals surface area (Å²) in [5.41, 5.74) is -0.336. The number of allylic oxidation sites excluding steroid dienone is 1. The molecule has 0 bridgehead atoms. The summed E-state index contributed by atoms with van der Waals surface area (Å²) in [7, 11) is -3.93. The third-order valence-corrected chi connectivity index (χ3v) is 12.3. The molecule has 2 aliphatic carbocycles. The average Bonchev–Trinajstić information content (AvgIpc) is 4.07. The van der Waals surface area contributed by atoms with E-state index < -0.39 is 80.2 Å². The average molecular weight is 765 g/mol. The number of ether oxygens (including phenoxy) is 1. The number of fused-ring (bicyclic) bond motifs is 3. The second-order valence-corrected chi connectivity index (χ2v) is 16.5. The van der Waals surface area contributed by atoms with Crippen molar-refractivity contribution in [2.75, 3.05) is 6.54 Å². The molecule has 13 nitrogen and oxygen atoms in total. The minimum Gasteiger partial charge on any atom is -0.471 e. The van der Waals surface area contributed by atoms with Crippen molar-refractivity contribution in [3.8, 4) is 5.88 Å². The summed E-state index contributed by atoms with van der Waals surface area (Å²) in [5, 5.41) is 4.91. The fourth-order valence-corrected chi connectivity index (χ4v) is 8.61. The topological polar surface area (TPSA) is 177 Å². The number of nitrogens with one attached hydrogen (secondary N) is 3. The molecule has 4 amide bonds. The zero-order chi connectivity index (χ0) is 38.2. The number of sulfonamides is 1. The van der Waals surface area contributed by atoms with Gasteiger partial charge in [0.25, 0.3) is 11.8 Å². The van der Waals surface area contributed by atoms with Crippen LogP contribution in [0.4, 0.5) is 8.78 Å². The van der Waals surface area contributed by atoms with Gasteiger partial charge in [0.2, 0.25) is 27.7 Å². The Bertz CT molecular complexity index is 2130. The molecule has 7 rings (SSSR count). The summed E-state index contributed by atoms with van der Waals surface area (Å²) in [6, 6.07) is 6.80. The minimum atomic E-state index is -3.93. The number of carbonyl (C=O) groups excluding carboxylic acids is 4. The minimum absolute atomic E-state index is 0.0213. The van der Waals surface area contributed by atoms with Crippen LogP contribution in [-0.2, 0) is 30.8 Å². The van der Waals surface area contributed by atoms with Gasteiger partial charge in [0.1, 0.15) is 41.1 Å². The molecule has 2 saturated carbocycles. The van der Waals surface area contributed by atoms with E-state index in [0.717, 1.165) is 12.5 Å². The fraction of sp³-hybridized carbons (Fsp3) is 0.474. The first-order valence-electron chi connectivity index (χ1n) is 18.4. The van der Waals surface area contributed by atoms with Crippen LogP contribution in [0.5, 0.6) is 5.88 Å². The first-order chi connectivity index (χ1) is 25.9. The van der Waals surface area contributed by atoms with Gasteiger partial charge in [0, 0.05) is 24.0 Å². The van der Waals surface area contributed by atoms with E-state index in [-0.39, 0.29) is 42.8 Å². The van der Waals surface area contributed by atoms with Crippen LogP contribution in [0, 0.1) is 17.6 Å². The van der Waals surface area contributed by atoms with E-state index >= 15 is 0 Å². The summed E-state index contributed by atoms with van der Waals surface area (Å²) in [6.45, 7) is 1.73. The van der Waals surface area contributed by atoms with Gasteiger partial charge in [0.15, 0.2) is 0 Å². The maximum Gasteiger partial charge on any atom is 0.259 e. The normalized spacial score (nSPS) is 26.2. The highest BCUT2D eigenvalue weighted by Crippen LogP contribution is 2.46. The Morgan fingerprint density at radius 1 is 1.02 bits per heavy atom. The Balaban J connectivity index is 1.21. The van der Waals surface area contributed by atoms with E-state index in [0.29, 0.717) is 49.7 Å². The predicted molar refractivity (Wildman–Crippen MR) is 192 cm³/mol. The molecule has 3 N–H and O–H groups in total. The lowest BCUT2D eigenvalue weighted by molar-refractivity contribution is -0.141. The lowest BCUT2D eigenvalue weighted by Crippen LogP contribution is -2.58. The number of hydrogen-bond acceptors (Lipinski definition) is 9. The second kappa shape index (κ2) is 15.0. The van der Waals surface area contributed by atoms with Gasteiger partial charge in [-0.05, 0) is 75.3 Å². The van der Waals surface area contributed by atoms with Crippen molar-refractivity contribution < 1.29 is 41.1 Å². The van der Waals surface area contributed by atoms with Crippen LogP contribution < -0.4 is 20.1 Å². The maximum absolute atomic E-state index is 14.5. The molecular formula is C38H42F2N6O7S. The van der Waals surface area contributed by atoms with Crippen LogP contribution in [0.25, 0.3) is 11.0 Å². The molecule has 0 radical (unpaired) electrons. The summed E-state index contributed by atoms with van der Waals surface area (Å²) in [5.74, 6) is -4.27. The summed E-state index contributed by atoms with van der Waals surface area (Å²) < 4.78 is 62.3. The summed E-state index contributed by atoms with van der Waals surface area (Å²) in [4.78, 5) is 66.3. The quantitative estimate of drug-likeness (QED) is 0.289. The van der Waals surface area contributed by atoms with Gasteiger partial charge in [-0.2, -0.15) is 0 Å². The van der Waals surface area contributed by atoms with Crippen molar-refractivity contribution in [1.29, 1.82) is 0 Å². The van der Waals surface area contributed by atoms with Crippen molar-refractivity contribution in [1.82, 2.24) is 30.2 Å². The third-order valence-electron chi connectivity index (χ3n) is 10.5. The number of aryl methyl sites for hydroxylation is 1. The smallest absolute Gasteiger partial charge is 0.259 e. The van der Waals surface area contributed by atoms with Crippen molar-refractivity contribution in [3.63, 3.8) is 0 Å². The van der Waals surface area contributed by atoms with Gasteiger partial charge in [-0.1, -0.05) is 38.0 Å². The molecule has 4 aliphatic rings. The standard InChI is InChI=1S/C38H42F2N6O7S/c1-2-28-35(43-31-18-25(40)13-16-29(31)41-28)53-26-19-32-34(48)44-38(37(50)45-54(51,52)27-14-15-27)20-23(38)10-6-4-3-5-7-12-30(36(49)46(32)21-26)42-33(47)22-9-8-11-24(39)17-22/h6,8-11,13,16-18,23,26-27,30,32H,2-5,7,12,14-15,19-21H2,1H3,(H,42,47)(H,44,48)(H,45,50)/t23-,26-,30+,32+,38-/m1/s1. The maximum atomic E-state index is 14.5. The Kier molecular flexibility index (Phi) is 10.4. The molecule has 3 heterocycles. The SMILES string of the molecule is CCc1nc2ccc(F)cc2nc1O[C@@H]1C[C@H]2C(=O)N[C@]3(C(=O)NS(=O)(=O)C4CC4)C[C@H]3C=CCCCCC[C@H](NC(=O)c3cccc(F)c3)C(=O)N2C1. The second-order valence-electron chi connectivity index (χ2n) is 14.5. The van der Waals surface area contributed by atoms with E-state index in [1.165, 1.54) is 41.3 Å². The molecule has 0 unspecified atom stereocenters. The summed E-state index contributed by atoms with van der Waals surface area (Å²) >= 11 is 0. The van der Waals surface area contributed by atoms with Gasteiger partial charge in [0.05, 0.1) is 22.8 Å². The molecule has 2 aliphatic heterocycles. The molecule has 3 aromatic rings. The van der Waals surface area contributed by atoms with E-state index in [4.69, 9.17) is 4.74 Å². The van der Waals surface area contributed by atoms with Crippen LogP contribution in [0.3, 0.4) is 0 Å². The van der Waals surface area contributed by atoms with E-state index in [1.807, 2.05) is 19.1 Å². The molecule has 5 atom stereocenters. The number of amides is 4. The molecule has 0 spiro atoms. The van der Waals surface area contributed by atoms with Crippen molar-refractivity contribution in [3.05, 3.63) is 77.5 Å². The highest BCUT2D eigenvalue weighted by molar-refractivity contribution is 7.91. The first kappa shape index (κ1) is 37.3. The molecule has 3 fully saturated rings. The number of aromatic nitrogens is 2. The van der Waals surface area contributed by atoms with Gasteiger partial charge >= 0.3 is 0 Å². The Morgan fingerprint density at radius 2 is 1.81 bits per heavy atom. The largest absolute Gasteiger partial charge is 0.471 e. The van der Waals surface area contributed by atoms with E-state index in [9.17, 15) is 36.4 Å². The Labute approximate surface area is 311 Å². The number of hydrogen-bond donors (Lipinski definition) is 3. The van der Waals surface area contributed by atoms with Crippen molar-refractivity contribution in [2.24, 2.45) is 5.92 Å². The first-order valence-corrected chi connectivity index (χ1v) is 20.0. The highest BCUT2D eigenvalue weighted by Gasteiger charge is 2.62. The van der Waals surface area contributed by atoms with E-state index in [2.05, 4.69) is 25.3 Å². The Hall–Kier alpha value is -4.99. The molecule has 54 heavy (non-hydrogen) atoms. The molecule has 286 valence electrons. The van der Waals surface area contributed by atoms with Crippen molar-refractivity contribution >= 4 is 44.7 Å². The zero-order valence-corrected chi connectivity index (χ0v) is 30.5. The van der Waals surface area contributed by atoms with Crippen LogP contribution in [-0.4, -0.2) is 82.4 Å². The number of halogens is 2. The van der Waals surface area contributed by atoms with Crippen LogP contribution in [0.15, 0.2) is 54.6 Å². The van der Waals surface area contributed by atoms with Gasteiger partial charge in [-0.15, -0.1) is 0 Å². The third kappa shape index (κ3) is 7.93. The van der Waals surface area contributed by atoms with Crippen LogP contribution in [0.2, 0.25) is 0 Å². The Morgan fingerprint density at radius 3 is 2.57 bits per heavy atom. The number of nitrogens with zero attached hydrogens (tertiary/aromatic N) is 3. The monoisotopic (exact) mass is 764 g/mol. The van der Waals surface area contributed by atoms with Crippen molar-refractivity contribution in [2.45, 2.75) is 100 Å². The van der Waals surface area contributed by atoms with E-state index in [1.54, 1.807) is 0 Å². The fourth-order valence-electron chi connectivity index (χ4n) is 7.25. The van der Waals surface area contributed by atoms with Gasteiger partial charge in [-0.25, -0.2) is 27.2 Å². The zero-order valence-electron chi connectivity index (χ0n) is 29.7. The lowest BCUT2D eigenvalue weighted by Gasteiger charge is -2.30. The van der Waals surface area contributed by atoms with Gasteiger partial charge < -0.3 is 20.3 Å². The number of benzene rings is 2.